The summed E-state index contributed by atoms with van der Waals surface area (Å²) in [5.41, 5.74) is 1.88. The van der Waals surface area contributed by atoms with E-state index in [9.17, 15) is 5.11 Å². The van der Waals surface area contributed by atoms with Crippen molar-refractivity contribution in [3.63, 3.8) is 0 Å². The molecule has 0 bridgehead atoms. The molecule has 0 amide bonds. The van der Waals surface area contributed by atoms with E-state index in [0.29, 0.717) is 5.82 Å². The topological polar surface area (TPSA) is 58.0 Å². The smallest absolute Gasteiger partial charge is 0.224 e. The highest BCUT2D eigenvalue weighted by Gasteiger charge is 2.12. The van der Waals surface area contributed by atoms with E-state index in [4.69, 9.17) is 11.6 Å². The van der Waals surface area contributed by atoms with Crippen LogP contribution in [0.3, 0.4) is 0 Å². The van der Waals surface area contributed by atoms with E-state index in [-0.39, 0.29) is 17.9 Å². The molecule has 0 aliphatic heterocycles. The number of halogens is 1. The zero-order chi connectivity index (χ0) is 13.0. The lowest BCUT2D eigenvalue weighted by molar-refractivity contribution is 0.276. The molecular formula is C13H14ClN3O. The van der Waals surface area contributed by atoms with Crippen molar-refractivity contribution in [1.29, 1.82) is 0 Å². The first-order valence-electron chi connectivity index (χ1n) is 5.62. The van der Waals surface area contributed by atoms with Crippen molar-refractivity contribution in [2.75, 3.05) is 11.9 Å². The van der Waals surface area contributed by atoms with Crippen LogP contribution >= 0.6 is 11.6 Å². The molecule has 0 spiro atoms. The van der Waals surface area contributed by atoms with Crippen molar-refractivity contribution in [2.24, 2.45) is 0 Å². The molecule has 1 atom stereocenters. The van der Waals surface area contributed by atoms with Gasteiger partial charge in [0.25, 0.3) is 0 Å². The third-order valence-corrected chi connectivity index (χ3v) is 2.82. The Hall–Kier alpha value is -1.65. The molecule has 1 aromatic heterocycles. The van der Waals surface area contributed by atoms with E-state index in [1.54, 1.807) is 6.20 Å². The fourth-order valence-electron chi connectivity index (χ4n) is 1.65. The van der Waals surface area contributed by atoms with Crippen LogP contribution in [0.2, 0.25) is 5.28 Å². The molecule has 1 aromatic carbocycles. The van der Waals surface area contributed by atoms with Crippen LogP contribution in [-0.2, 0) is 0 Å². The summed E-state index contributed by atoms with van der Waals surface area (Å²) in [6.07, 6.45) is 1.65. The summed E-state index contributed by atoms with van der Waals surface area (Å²) < 4.78 is 0. The first-order chi connectivity index (χ1) is 8.70. The van der Waals surface area contributed by atoms with Crippen molar-refractivity contribution >= 4 is 17.4 Å². The van der Waals surface area contributed by atoms with E-state index in [0.717, 1.165) is 11.1 Å². The average Bonchev–Trinajstić information content (AvgIpc) is 2.41. The molecule has 0 saturated carbocycles. The molecule has 18 heavy (non-hydrogen) atoms. The molecule has 0 aliphatic rings. The molecule has 4 nitrogen and oxygen atoms in total. The molecule has 5 heteroatoms. The van der Waals surface area contributed by atoms with Gasteiger partial charge in [-0.3, -0.25) is 0 Å². The fraction of sp³-hybridized carbons (Fsp3) is 0.231. The monoisotopic (exact) mass is 263 g/mol. The molecule has 0 saturated heterocycles. The van der Waals surface area contributed by atoms with Crippen molar-refractivity contribution in [3.8, 4) is 0 Å². The van der Waals surface area contributed by atoms with Crippen LogP contribution in [-0.4, -0.2) is 21.7 Å². The first kappa shape index (κ1) is 12.8. The van der Waals surface area contributed by atoms with Gasteiger partial charge in [0, 0.05) is 11.8 Å². The molecule has 2 N–H and O–H groups in total. The minimum Gasteiger partial charge on any atom is -0.394 e. The van der Waals surface area contributed by atoms with E-state index >= 15 is 0 Å². The van der Waals surface area contributed by atoms with Crippen LogP contribution < -0.4 is 5.32 Å². The molecule has 0 unspecified atom stereocenters. The number of nitrogens with one attached hydrogen (secondary N) is 1. The van der Waals surface area contributed by atoms with Gasteiger partial charge in [-0.05, 0) is 24.1 Å². The second kappa shape index (κ2) is 5.80. The van der Waals surface area contributed by atoms with Crippen LogP contribution in [0.4, 0.5) is 5.82 Å². The molecule has 94 valence electrons. The van der Waals surface area contributed by atoms with Gasteiger partial charge in [-0.15, -0.1) is 0 Å². The highest BCUT2D eigenvalue weighted by molar-refractivity contribution is 6.28. The van der Waals surface area contributed by atoms with Crippen molar-refractivity contribution in [3.05, 3.63) is 52.9 Å². The zero-order valence-electron chi connectivity index (χ0n) is 9.97. The Morgan fingerprint density at radius 3 is 2.72 bits per heavy atom. The minimum absolute atomic E-state index is 0.0227. The third kappa shape index (κ3) is 2.97. The number of anilines is 1. The van der Waals surface area contributed by atoms with Gasteiger partial charge in [0.15, 0.2) is 0 Å². The van der Waals surface area contributed by atoms with Crippen LogP contribution in [0.5, 0.6) is 0 Å². The highest BCUT2D eigenvalue weighted by atomic mass is 35.5. The maximum atomic E-state index is 9.46. The van der Waals surface area contributed by atoms with E-state index in [1.807, 2.05) is 37.3 Å². The lowest BCUT2D eigenvalue weighted by Crippen LogP contribution is -2.16. The van der Waals surface area contributed by atoms with Crippen LogP contribution in [0.25, 0.3) is 0 Å². The summed E-state index contributed by atoms with van der Waals surface area (Å²) in [6, 6.07) is 9.48. The third-order valence-electron chi connectivity index (χ3n) is 2.64. The second-order valence-electron chi connectivity index (χ2n) is 3.96. The van der Waals surface area contributed by atoms with Gasteiger partial charge in [0.05, 0.1) is 12.6 Å². The highest BCUT2D eigenvalue weighted by Crippen LogP contribution is 2.20. The Labute approximate surface area is 111 Å². The number of aliphatic hydroxyl groups is 1. The zero-order valence-corrected chi connectivity index (χ0v) is 10.7. The quantitative estimate of drug-likeness (QED) is 0.833. The standard InChI is InChI=1S/C13H14ClN3O/c1-9-7-15-13(14)17-12(9)16-11(8-18)10-5-3-2-4-6-10/h2-7,11,18H,8H2,1H3,(H,15,16,17)/t11-/m1/s1. The van der Waals surface area contributed by atoms with Crippen molar-refractivity contribution in [1.82, 2.24) is 9.97 Å². The van der Waals surface area contributed by atoms with Gasteiger partial charge in [0.1, 0.15) is 5.82 Å². The molecule has 0 radical (unpaired) electrons. The summed E-state index contributed by atoms with van der Waals surface area (Å²) in [5, 5.41) is 12.8. The summed E-state index contributed by atoms with van der Waals surface area (Å²) in [5.74, 6) is 0.637. The first-order valence-corrected chi connectivity index (χ1v) is 6.00. The van der Waals surface area contributed by atoms with Gasteiger partial charge < -0.3 is 10.4 Å². The molecular weight excluding hydrogens is 250 g/mol. The second-order valence-corrected chi connectivity index (χ2v) is 4.30. The molecule has 2 rings (SSSR count). The largest absolute Gasteiger partial charge is 0.394 e. The maximum absolute atomic E-state index is 9.46. The summed E-state index contributed by atoms with van der Waals surface area (Å²) in [7, 11) is 0. The number of aryl methyl sites for hydroxylation is 1. The summed E-state index contributed by atoms with van der Waals surface area (Å²) >= 11 is 5.76. The molecule has 2 aromatic rings. The van der Waals surface area contributed by atoms with Crippen LogP contribution in [0.1, 0.15) is 17.2 Å². The predicted octanol–water partition coefficient (Wildman–Crippen LogP) is 2.58. The number of benzene rings is 1. The van der Waals surface area contributed by atoms with E-state index in [1.165, 1.54) is 0 Å². The molecule has 1 heterocycles. The van der Waals surface area contributed by atoms with Gasteiger partial charge >= 0.3 is 0 Å². The summed E-state index contributed by atoms with van der Waals surface area (Å²) in [6.45, 7) is 1.86. The number of nitrogens with zero attached hydrogens (tertiary/aromatic N) is 2. The van der Waals surface area contributed by atoms with Gasteiger partial charge in [0.2, 0.25) is 5.28 Å². The Morgan fingerprint density at radius 2 is 2.06 bits per heavy atom. The van der Waals surface area contributed by atoms with Gasteiger partial charge in [-0.1, -0.05) is 30.3 Å². The number of aliphatic hydroxyl groups excluding tert-OH is 1. The Kier molecular flexibility index (Phi) is 4.12. The normalized spacial score (nSPS) is 12.2. The van der Waals surface area contributed by atoms with Crippen LogP contribution in [0, 0.1) is 6.92 Å². The van der Waals surface area contributed by atoms with Gasteiger partial charge in [-0.2, -0.15) is 0 Å². The van der Waals surface area contributed by atoms with E-state index < -0.39 is 0 Å². The molecule has 0 aliphatic carbocycles. The van der Waals surface area contributed by atoms with Crippen molar-refractivity contribution < 1.29 is 5.11 Å². The predicted molar refractivity (Wildman–Crippen MR) is 71.7 cm³/mol. The Morgan fingerprint density at radius 1 is 1.33 bits per heavy atom. The number of aromatic nitrogens is 2. The molecule has 0 fully saturated rings. The van der Waals surface area contributed by atoms with Gasteiger partial charge in [-0.25, -0.2) is 9.97 Å². The lowest BCUT2D eigenvalue weighted by atomic mass is 10.1. The Balaban J connectivity index is 2.23. The maximum Gasteiger partial charge on any atom is 0.224 e. The van der Waals surface area contributed by atoms with Crippen molar-refractivity contribution in [2.45, 2.75) is 13.0 Å². The number of rotatable bonds is 4. The van der Waals surface area contributed by atoms with Crippen LogP contribution in [0.15, 0.2) is 36.5 Å². The Bertz CT molecular complexity index is 519. The SMILES string of the molecule is Cc1cnc(Cl)nc1N[C@H](CO)c1ccccc1. The lowest BCUT2D eigenvalue weighted by Gasteiger charge is -2.18. The fourth-order valence-corrected chi connectivity index (χ4v) is 1.78. The number of hydrogen-bond acceptors (Lipinski definition) is 4. The minimum atomic E-state index is -0.212. The number of hydrogen-bond donors (Lipinski definition) is 2. The average molecular weight is 264 g/mol. The summed E-state index contributed by atoms with van der Waals surface area (Å²) in [4.78, 5) is 8.02. The van der Waals surface area contributed by atoms with E-state index in [2.05, 4.69) is 15.3 Å².